The fourth-order valence-corrected chi connectivity index (χ4v) is 10.8. The Balaban J connectivity index is 1.08. The third-order valence-electron chi connectivity index (χ3n) is 11.9. The van der Waals surface area contributed by atoms with Crippen LogP contribution in [0, 0.1) is 0 Å². The average molecular weight is 729 g/mol. The van der Waals surface area contributed by atoms with Crippen LogP contribution in [0.3, 0.4) is 0 Å². The molecule has 0 radical (unpaired) electrons. The van der Waals surface area contributed by atoms with Crippen molar-refractivity contribution in [1.29, 1.82) is 0 Å². The van der Waals surface area contributed by atoms with Crippen LogP contribution in [0.25, 0.3) is 87.5 Å². The van der Waals surface area contributed by atoms with E-state index in [0.29, 0.717) is 5.82 Å². The third-order valence-corrected chi connectivity index (χ3v) is 13.1. The Labute approximate surface area is 329 Å². The molecule has 10 aromatic rings. The summed E-state index contributed by atoms with van der Waals surface area (Å²) in [4.78, 5) is 10.3. The third kappa shape index (κ3) is 4.43. The molecule has 56 heavy (non-hydrogen) atoms. The molecule has 260 valence electrons. The summed E-state index contributed by atoms with van der Waals surface area (Å²) in [7, 11) is 0. The normalized spacial score (nSPS) is 13.1. The highest BCUT2D eigenvalue weighted by Gasteiger charge is 2.52. The van der Waals surface area contributed by atoms with Crippen molar-refractivity contribution >= 4 is 31.5 Å². The van der Waals surface area contributed by atoms with Crippen molar-refractivity contribution < 1.29 is 0 Å². The predicted octanol–water partition coefficient (Wildman–Crippen LogP) is 13.9. The van der Waals surface area contributed by atoms with Crippen LogP contribution in [0.2, 0.25) is 0 Å². The zero-order valence-corrected chi connectivity index (χ0v) is 31.1. The zero-order valence-electron chi connectivity index (χ0n) is 30.3. The van der Waals surface area contributed by atoms with Gasteiger partial charge in [-0.2, -0.15) is 0 Å². The number of hydrogen-bond donors (Lipinski definition) is 0. The Bertz CT molecular complexity index is 3090. The standard InChI is InChI=1S/C53H32N2S/c1-3-14-33(15-4-1)47-32-48(34-16-5-2-6-17-34)55-52(54-47)37-19-13-18-35(30-37)36-26-27-42-46(31-36)53(43-23-10-7-20-38(43)39-21-8-11-24-44(39)53)45-29-28-41-40-22-9-12-25-49(40)56-51(41)50(42)45/h1-32H. The van der Waals surface area contributed by atoms with Crippen LogP contribution in [0.15, 0.2) is 194 Å². The number of fused-ring (bicyclic) bond motifs is 14. The molecule has 0 saturated heterocycles. The molecule has 1 spiro atoms. The largest absolute Gasteiger partial charge is 0.228 e. The second-order valence-corrected chi connectivity index (χ2v) is 15.9. The van der Waals surface area contributed by atoms with E-state index in [2.05, 4.69) is 182 Å². The van der Waals surface area contributed by atoms with Gasteiger partial charge in [-0.15, -0.1) is 11.3 Å². The van der Waals surface area contributed by atoms with Crippen LogP contribution < -0.4 is 0 Å². The van der Waals surface area contributed by atoms with Crippen LogP contribution in [0.4, 0.5) is 0 Å². The predicted molar refractivity (Wildman–Crippen MR) is 233 cm³/mol. The molecule has 2 aliphatic rings. The lowest BCUT2D eigenvalue weighted by Gasteiger charge is -2.30. The first-order valence-electron chi connectivity index (χ1n) is 19.2. The minimum Gasteiger partial charge on any atom is -0.228 e. The van der Waals surface area contributed by atoms with Gasteiger partial charge in [-0.25, -0.2) is 9.97 Å². The molecule has 0 aliphatic heterocycles. The van der Waals surface area contributed by atoms with Crippen molar-refractivity contribution in [2.75, 3.05) is 0 Å². The zero-order chi connectivity index (χ0) is 36.8. The molecule has 0 saturated carbocycles. The molecule has 12 rings (SSSR count). The summed E-state index contributed by atoms with van der Waals surface area (Å²) in [6, 6.07) is 70.6. The maximum Gasteiger partial charge on any atom is 0.160 e. The van der Waals surface area contributed by atoms with Crippen molar-refractivity contribution in [1.82, 2.24) is 9.97 Å². The van der Waals surface area contributed by atoms with Gasteiger partial charge in [0.2, 0.25) is 0 Å². The summed E-state index contributed by atoms with van der Waals surface area (Å²) in [6.07, 6.45) is 0. The minimum atomic E-state index is -0.437. The highest BCUT2D eigenvalue weighted by molar-refractivity contribution is 7.26. The Morgan fingerprint density at radius 1 is 0.357 bits per heavy atom. The first-order chi connectivity index (χ1) is 27.8. The van der Waals surface area contributed by atoms with E-state index >= 15 is 0 Å². The summed E-state index contributed by atoms with van der Waals surface area (Å²) in [5.74, 6) is 0.711. The van der Waals surface area contributed by atoms with Crippen LogP contribution >= 0.6 is 11.3 Å². The van der Waals surface area contributed by atoms with Crippen LogP contribution in [-0.4, -0.2) is 9.97 Å². The second-order valence-electron chi connectivity index (χ2n) is 14.8. The summed E-state index contributed by atoms with van der Waals surface area (Å²) >= 11 is 1.92. The first kappa shape index (κ1) is 31.4. The summed E-state index contributed by atoms with van der Waals surface area (Å²) in [6.45, 7) is 0. The summed E-state index contributed by atoms with van der Waals surface area (Å²) in [5, 5.41) is 2.66. The molecule has 8 aromatic carbocycles. The Kier molecular flexibility index (Phi) is 6.75. The molecular weight excluding hydrogens is 697 g/mol. The van der Waals surface area contributed by atoms with Gasteiger partial charge in [0.25, 0.3) is 0 Å². The summed E-state index contributed by atoms with van der Waals surface area (Å²) < 4.78 is 2.69. The second kappa shape index (κ2) is 12.0. The van der Waals surface area contributed by atoms with Gasteiger partial charge in [-0.1, -0.05) is 170 Å². The van der Waals surface area contributed by atoms with Crippen molar-refractivity contribution in [2.45, 2.75) is 5.41 Å². The number of aromatic nitrogens is 2. The fraction of sp³-hybridized carbons (Fsp3) is 0.0189. The monoisotopic (exact) mass is 728 g/mol. The molecule has 2 aromatic heterocycles. The molecule has 0 N–H and O–H groups in total. The molecule has 0 amide bonds. The van der Waals surface area contributed by atoms with E-state index in [9.17, 15) is 0 Å². The topological polar surface area (TPSA) is 25.8 Å². The van der Waals surface area contributed by atoms with Crippen molar-refractivity contribution in [2.24, 2.45) is 0 Å². The van der Waals surface area contributed by atoms with Crippen LogP contribution in [0.1, 0.15) is 22.3 Å². The minimum absolute atomic E-state index is 0.437. The first-order valence-corrected chi connectivity index (χ1v) is 20.0. The van der Waals surface area contributed by atoms with Gasteiger partial charge in [0, 0.05) is 42.4 Å². The maximum atomic E-state index is 5.16. The molecule has 0 bridgehead atoms. The van der Waals surface area contributed by atoms with Gasteiger partial charge in [0.05, 0.1) is 16.8 Å². The lowest BCUT2D eigenvalue weighted by Crippen LogP contribution is -2.25. The summed E-state index contributed by atoms with van der Waals surface area (Å²) in [5.41, 5.74) is 17.5. The number of thiophene rings is 1. The highest BCUT2D eigenvalue weighted by atomic mass is 32.1. The van der Waals surface area contributed by atoms with E-state index in [1.807, 2.05) is 23.5 Å². The Hall–Kier alpha value is -6.94. The molecule has 0 atom stereocenters. The lowest BCUT2D eigenvalue weighted by atomic mass is 9.70. The Morgan fingerprint density at radius 2 is 0.946 bits per heavy atom. The van der Waals surface area contributed by atoms with Crippen molar-refractivity contribution in [3.63, 3.8) is 0 Å². The lowest BCUT2D eigenvalue weighted by molar-refractivity contribution is 0.795. The van der Waals surface area contributed by atoms with Crippen molar-refractivity contribution in [3.8, 4) is 67.3 Å². The average Bonchev–Trinajstić information content (AvgIpc) is 3.91. The van der Waals surface area contributed by atoms with Crippen LogP contribution in [-0.2, 0) is 5.41 Å². The van der Waals surface area contributed by atoms with Gasteiger partial charge in [-0.05, 0) is 74.3 Å². The van der Waals surface area contributed by atoms with Gasteiger partial charge in [0.15, 0.2) is 5.82 Å². The number of rotatable bonds is 4. The molecule has 2 aliphatic carbocycles. The van der Waals surface area contributed by atoms with Gasteiger partial charge >= 0.3 is 0 Å². The van der Waals surface area contributed by atoms with Crippen LogP contribution in [0.5, 0.6) is 0 Å². The number of benzene rings is 8. The molecule has 2 heterocycles. The SMILES string of the molecule is c1ccc(-c2cc(-c3ccccc3)nc(-c3cccc(-c4ccc5c(c4)C4(c6ccccc6-c6ccccc64)c4ccc6c(sc7ccccc76)c4-5)c3)n2)cc1. The van der Waals surface area contributed by atoms with Crippen molar-refractivity contribution in [3.05, 3.63) is 216 Å². The molecule has 0 unspecified atom stereocenters. The molecule has 2 nitrogen and oxygen atoms in total. The smallest absolute Gasteiger partial charge is 0.160 e. The number of hydrogen-bond acceptors (Lipinski definition) is 3. The number of nitrogens with zero attached hydrogens (tertiary/aromatic N) is 2. The highest BCUT2D eigenvalue weighted by Crippen LogP contribution is 2.64. The van der Waals surface area contributed by atoms with E-state index < -0.39 is 5.41 Å². The maximum absolute atomic E-state index is 5.16. The van der Waals surface area contributed by atoms with E-state index in [-0.39, 0.29) is 0 Å². The molecular formula is C53H32N2S. The van der Waals surface area contributed by atoms with E-state index in [0.717, 1.165) is 33.6 Å². The fourth-order valence-electron chi connectivity index (χ4n) is 9.51. The van der Waals surface area contributed by atoms with E-state index in [1.165, 1.54) is 70.2 Å². The van der Waals surface area contributed by atoms with Gasteiger partial charge in [0.1, 0.15) is 0 Å². The molecule has 0 fully saturated rings. The van der Waals surface area contributed by atoms with E-state index in [1.54, 1.807) is 0 Å². The molecule has 3 heteroatoms. The van der Waals surface area contributed by atoms with Gasteiger partial charge < -0.3 is 0 Å². The van der Waals surface area contributed by atoms with E-state index in [4.69, 9.17) is 9.97 Å². The van der Waals surface area contributed by atoms with Gasteiger partial charge in [-0.3, -0.25) is 0 Å². The Morgan fingerprint density at radius 3 is 1.66 bits per heavy atom. The quantitative estimate of drug-likeness (QED) is 0.180.